The van der Waals surface area contributed by atoms with Crippen molar-refractivity contribution in [3.05, 3.63) is 59.7 Å². The summed E-state index contributed by atoms with van der Waals surface area (Å²) in [6.45, 7) is 5.98. The molecule has 1 aliphatic rings. The number of anilines is 2. The molecule has 0 spiro atoms. The second kappa shape index (κ2) is 10.1. The molecule has 5 nitrogen and oxygen atoms in total. The summed E-state index contributed by atoms with van der Waals surface area (Å²) in [5, 5.41) is 6.01. The van der Waals surface area contributed by atoms with Gasteiger partial charge in [-0.3, -0.25) is 9.59 Å². The fraction of sp³-hybridized carbons (Fsp3) is 0.417. The summed E-state index contributed by atoms with van der Waals surface area (Å²) in [5.74, 6) is -0.127. The molecule has 2 aromatic carbocycles. The molecule has 0 bridgehead atoms. The SMILES string of the molecule is CC[C@@H](C)NC(=O)c1cc(NC(=O)CCc2ccccc2)ccc1N1CCCC1. The van der Waals surface area contributed by atoms with Crippen molar-refractivity contribution in [2.45, 2.75) is 52.0 Å². The van der Waals surface area contributed by atoms with Crippen LogP contribution < -0.4 is 15.5 Å². The van der Waals surface area contributed by atoms with Gasteiger partial charge in [-0.2, -0.15) is 0 Å². The van der Waals surface area contributed by atoms with E-state index in [1.54, 1.807) is 0 Å². The van der Waals surface area contributed by atoms with Gasteiger partial charge in [-0.15, -0.1) is 0 Å². The lowest BCUT2D eigenvalue weighted by molar-refractivity contribution is -0.116. The van der Waals surface area contributed by atoms with Crippen molar-refractivity contribution in [1.29, 1.82) is 0 Å². The third-order valence-electron chi connectivity index (χ3n) is 5.45. The zero-order valence-corrected chi connectivity index (χ0v) is 17.4. The molecule has 0 saturated carbocycles. The number of hydrogen-bond donors (Lipinski definition) is 2. The summed E-state index contributed by atoms with van der Waals surface area (Å²) in [5.41, 5.74) is 3.39. The number of aryl methyl sites for hydroxylation is 1. The van der Waals surface area contributed by atoms with Gasteiger partial charge in [-0.1, -0.05) is 37.3 Å². The average Bonchev–Trinajstić information content (AvgIpc) is 3.27. The van der Waals surface area contributed by atoms with Gasteiger partial charge in [0.2, 0.25) is 5.91 Å². The van der Waals surface area contributed by atoms with Gasteiger partial charge in [0.15, 0.2) is 0 Å². The lowest BCUT2D eigenvalue weighted by Gasteiger charge is -2.23. The molecule has 1 atom stereocenters. The van der Waals surface area contributed by atoms with Gasteiger partial charge in [0.25, 0.3) is 5.91 Å². The van der Waals surface area contributed by atoms with E-state index < -0.39 is 0 Å². The Bertz CT molecular complexity index is 829. The van der Waals surface area contributed by atoms with Gasteiger partial charge < -0.3 is 15.5 Å². The smallest absolute Gasteiger partial charge is 0.253 e. The number of carbonyl (C=O) groups is 2. The van der Waals surface area contributed by atoms with E-state index in [9.17, 15) is 9.59 Å². The van der Waals surface area contributed by atoms with Gasteiger partial charge in [0, 0.05) is 36.9 Å². The Morgan fingerprint density at radius 3 is 2.48 bits per heavy atom. The zero-order valence-electron chi connectivity index (χ0n) is 17.4. The number of nitrogens with zero attached hydrogens (tertiary/aromatic N) is 1. The van der Waals surface area contributed by atoms with Crippen molar-refractivity contribution >= 4 is 23.2 Å². The number of amides is 2. The molecule has 2 N–H and O–H groups in total. The van der Waals surface area contributed by atoms with E-state index in [1.165, 1.54) is 0 Å². The molecule has 3 rings (SSSR count). The molecule has 1 aliphatic heterocycles. The Morgan fingerprint density at radius 1 is 1.07 bits per heavy atom. The highest BCUT2D eigenvalue weighted by atomic mass is 16.2. The van der Waals surface area contributed by atoms with Crippen LogP contribution in [0.3, 0.4) is 0 Å². The van der Waals surface area contributed by atoms with Crippen molar-refractivity contribution in [3.8, 4) is 0 Å². The van der Waals surface area contributed by atoms with Crippen LogP contribution in [0.2, 0.25) is 0 Å². The van der Waals surface area contributed by atoms with Crippen LogP contribution in [0.5, 0.6) is 0 Å². The molecule has 0 unspecified atom stereocenters. The van der Waals surface area contributed by atoms with Crippen molar-refractivity contribution in [3.63, 3.8) is 0 Å². The standard InChI is InChI=1S/C24H31N3O2/c1-3-18(2)25-24(29)21-17-20(12-13-22(21)27-15-7-8-16-27)26-23(28)14-11-19-9-5-4-6-10-19/h4-6,9-10,12-13,17-18H,3,7-8,11,14-16H2,1-2H3,(H,25,29)(H,26,28)/t18-/m1/s1. The fourth-order valence-electron chi connectivity index (χ4n) is 3.56. The summed E-state index contributed by atoms with van der Waals surface area (Å²) in [6.07, 6.45) is 4.27. The van der Waals surface area contributed by atoms with E-state index >= 15 is 0 Å². The molecule has 0 radical (unpaired) electrons. The first-order valence-electron chi connectivity index (χ1n) is 10.6. The summed E-state index contributed by atoms with van der Waals surface area (Å²) in [6, 6.07) is 15.8. The molecule has 2 amide bonds. The van der Waals surface area contributed by atoms with E-state index in [2.05, 4.69) is 22.5 Å². The monoisotopic (exact) mass is 393 g/mol. The van der Waals surface area contributed by atoms with Crippen LogP contribution in [-0.4, -0.2) is 30.9 Å². The second-order valence-electron chi connectivity index (χ2n) is 7.74. The summed E-state index contributed by atoms with van der Waals surface area (Å²) in [4.78, 5) is 27.6. The summed E-state index contributed by atoms with van der Waals surface area (Å²) in [7, 11) is 0. The Hall–Kier alpha value is -2.82. The van der Waals surface area contributed by atoms with E-state index in [0.717, 1.165) is 43.6 Å². The van der Waals surface area contributed by atoms with Gasteiger partial charge in [-0.05, 0) is 56.4 Å². The molecule has 0 aromatic heterocycles. The zero-order chi connectivity index (χ0) is 20.6. The quantitative estimate of drug-likeness (QED) is 0.699. The maximum absolute atomic E-state index is 12.9. The summed E-state index contributed by atoms with van der Waals surface area (Å²) >= 11 is 0. The first-order chi connectivity index (χ1) is 14.1. The van der Waals surface area contributed by atoms with Gasteiger partial charge in [0.1, 0.15) is 0 Å². The molecule has 1 heterocycles. The van der Waals surface area contributed by atoms with Crippen molar-refractivity contribution in [1.82, 2.24) is 5.32 Å². The average molecular weight is 394 g/mol. The summed E-state index contributed by atoms with van der Waals surface area (Å²) < 4.78 is 0. The molecule has 154 valence electrons. The van der Waals surface area contributed by atoms with Gasteiger partial charge >= 0.3 is 0 Å². The second-order valence-corrected chi connectivity index (χ2v) is 7.74. The molecular formula is C24H31N3O2. The predicted octanol–water partition coefficient (Wildman–Crippen LogP) is 4.39. The first kappa shape index (κ1) is 20.9. The Morgan fingerprint density at radius 2 is 1.79 bits per heavy atom. The van der Waals surface area contributed by atoms with Crippen LogP contribution in [0, 0.1) is 0 Å². The Kier molecular flexibility index (Phi) is 7.28. The van der Waals surface area contributed by atoms with Crippen molar-refractivity contribution in [2.75, 3.05) is 23.3 Å². The van der Waals surface area contributed by atoms with Crippen LogP contribution in [-0.2, 0) is 11.2 Å². The third kappa shape index (κ3) is 5.83. The van der Waals surface area contributed by atoms with Crippen LogP contribution >= 0.6 is 0 Å². The van der Waals surface area contributed by atoms with E-state index in [0.29, 0.717) is 24.1 Å². The number of hydrogen-bond acceptors (Lipinski definition) is 3. The number of benzene rings is 2. The fourth-order valence-corrected chi connectivity index (χ4v) is 3.56. The van der Waals surface area contributed by atoms with Crippen LogP contribution in [0.15, 0.2) is 48.5 Å². The van der Waals surface area contributed by atoms with E-state index in [-0.39, 0.29) is 17.9 Å². The molecule has 0 aliphatic carbocycles. The number of rotatable bonds is 8. The lowest BCUT2D eigenvalue weighted by Crippen LogP contribution is -2.33. The predicted molar refractivity (Wildman–Crippen MR) is 119 cm³/mol. The third-order valence-corrected chi connectivity index (χ3v) is 5.45. The van der Waals surface area contributed by atoms with E-state index in [4.69, 9.17) is 0 Å². The topological polar surface area (TPSA) is 61.4 Å². The maximum atomic E-state index is 12.9. The highest BCUT2D eigenvalue weighted by Gasteiger charge is 2.21. The lowest BCUT2D eigenvalue weighted by atomic mass is 10.1. The van der Waals surface area contributed by atoms with Gasteiger partial charge in [-0.25, -0.2) is 0 Å². The maximum Gasteiger partial charge on any atom is 0.253 e. The number of nitrogens with one attached hydrogen (secondary N) is 2. The Balaban J connectivity index is 1.72. The van der Waals surface area contributed by atoms with Crippen LogP contribution in [0.25, 0.3) is 0 Å². The minimum Gasteiger partial charge on any atom is -0.371 e. The van der Waals surface area contributed by atoms with Crippen LogP contribution in [0.4, 0.5) is 11.4 Å². The normalized spacial score (nSPS) is 14.5. The molecule has 1 fully saturated rings. The number of carbonyl (C=O) groups excluding carboxylic acids is 2. The van der Waals surface area contributed by atoms with Gasteiger partial charge in [0.05, 0.1) is 5.56 Å². The Labute approximate surface area is 173 Å². The van der Waals surface area contributed by atoms with Crippen molar-refractivity contribution in [2.24, 2.45) is 0 Å². The van der Waals surface area contributed by atoms with Crippen molar-refractivity contribution < 1.29 is 9.59 Å². The highest BCUT2D eigenvalue weighted by Crippen LogP contribution is 2.28. The highest BCUT2D eigenvalue weighted by molar-refractivity contribution is 6.02. The first-order valence-corrected chi connectivity index (χ1v) is 10.6. The largest absolute Gasteiger partial charge is 0.371 e. The van der Waals surface area contributed by atoms with E-state index in [1.807, 2.05) is 55.5 Å². The van der Waals surface area contributed by atoms with Crippen LogP contribution in [0.1, 0.15) is 55.5 Å². The molecule has 1 saturated heterocycles. The molecule has 5 heteroatoms. The molecule has 29 heavy (non-hydrogen) atoms. The molecule has 2 aromatic rings. The molecular weight excluding hydrogens is 362 g/mol. The minimum absolute atomic E-state index is 0.0453. The minimum atomic E-state index is -0.0818.